The van der Waals surface area contributed by atoms with Crippen LogP contribution in [0.2, 0.25) is 0 Å². The molecule has 1 aromatic carbocycles. The lowest BCUT2D eigenvalue weighted by atomic mass is 10.1. The van der Waals surface area contributed by atoms with Crippen LogP contribution >= 0.6 is 0 Å². The Labute approximate surface area is 152 Å². The van der Waals surface area contributed by atoms with E-state index in [1.165, 1.54) is 11.1 Å². The molecule has 0 atom stereocenters. The lowest BCUT2D eigenvalue weighted by molar-refractivity contribution is 1.09. The molecular formula is C21H21N5. The van der Waals surface area contributed by atoms with Crippen LogP contribution in [0.25, 0.3) is 28.3 Å². The van der Waals surface area contributed by atoms with Gasteiger partial charge in [0.2, 0.25) is 5.95 Å². The second-order valence-corrected chi connectivity index (χ2v) is 6.31. The van der Waals surface area contributed by atoms with Crippen LogP contribution in [0, 0.1) is 6.92 Å². The molecule has 0 radical (unpaired) electrons. The quantitative estimate of drug-likeness (QED) is 0.598. The van der Waals surface area contributed by atoms with Crippen molar-refractivity contribution in [2.75, 3.05) is 12.4 Å². The molecule has 0 saturated carbocycles. The molecule has 1 N–H and O–H groups in total. The van der Waals surface area contributed by atoms with Crippen molar-refractivity contribution >= 4 is 11.6 Å². The van der Waals surface area contributed by atoms with Gasteiger partial charge < -0.3 is 5.32 Å². The number of aromatic nitrogens is 4. The second-order valence-electron chi connectivity index (χ2n) is 6.31. The monoisotopic (exact) mass is 343 g/mol. The molecule has 0 fully saturated rings. The van der Waals surface area contributed by atoms with Crippen molar-refractivity contribution in [2.24, 2.45) is 0 Å². The number of anilines is 1. The largest absolute Gasteiger partial charge is 0.357 e. The molecule has 3 heterocycles. The molecule has 0 amide bonds. The summed E-state index contributed by atoms with van der Waals surface area (Å²) in [5.41, 5.74) is 7.26. The molecule has 26 heavy (non-hydrogen) atoms. The maximum atomic E-state index is 4.94. The van der Waals surface area contributed by atoms with E-state index in [9.17, 15) is 0 Å². The summed E-state index contributed by atoms with van der Waals surface area (Å²) < 4.78 is 2.11. The lowest BCUT2D eigenvalue weighted by Gasteiger charge is -2.07. The van der Waals surface area contributed by atoms with E-state index in [0.717, 1.165) is 34.7 Å². The SMILES string of the molecule is CCc1ccn2c(-c3ccnc(NC)n3)c(-c3ccc(C)cc3)nc2c1. The zero-order chi connectivity index (χ0) is 18.1. The lowest BCUT2D eigenvalue weighted by Crippen LogP contribution is -1.99. The minimum atomic E-state index is 0.595. The van der Waals surface area contributed by atoms with Gasteiger partial charge in [-0.3, -0.25) is 4.40 Å². The van der Waals surface area contributed by atoms with Crippen molar-refractivity contribution in [3.05, 3.63) is 66.0 Å². The Kier molecular flexibility index (Phi) is 4.13. The van der Waals surface area contributed by atoms with E-state index < -0.39 is 0 Å². The Balaban J connectivity index is 2.01. The fourth-order valence-corrected chi connectivity index (χ4v) is 3.08. The molecule has 0 aliphatic heterocycles. The van der Waals surface area contributed by atoms with E-state index in [1.807, 2.05) is 13.1 Å². The van der Waals surface area contributed by atoms with E-state index in [-0.39, 0.29) is 0 Å². The molecule has 3 aromatic heterocycles. The maximum Gasteiger partial charge on any atom is 0.222 e. The third-order valence-corrected chi connectivity index (χ3v) is 4.55. The topological polar surface area (TPSA) is 55.1 Å². The number of benzene rings is 1. The fraction of sp³-hybridized carbons (Fsp3) is 0.190. The first-order valence-corrected chi connectivity index (χ1v) is 8.79. The standard InChI is InChI=1S/C21H21N5/c1-4-15-10-12-26-18(13-15)25-19(16-7-5-14(2)6-8-16)20(26)17-9-11-23-21(22-3)24-17/h5-13H,4H2,1-3H3,(H,22,23,24). The number of hydrogen-bond acceptors (Lipinski definition) is 4. The van der Waals surface area contributed by atoms with E-state index in [0.29, 0.717) is 5.95 Å². The summed E-state index contributed by atoms with van der Waals surface area (Å²) in [5.74, 6) is 0.595. The summed E-state index contributed by atoms with van der Waals surface area (Å²) in [7, 11) is 1.82. The number of hydrogen-bond donors (Lipinski definition) is 1. The highest BCUT2D eigenvalue weighted by Gasteiger charge is 2.17. The number of rotatable bonds is 4. The number of nitrogens with zero attached hydrogens (tertiary/aromatic N) is 4. The Bertz CT molecular complexity index is 1060. The Morgan fingerprint density at radius 2 is 1.85 bits per heavy atom. The van der Waals surface area contributed by atoms with Gasteiger partial charge in [0.15, 0.2) is 0 Å². The third-order valence-electron chi connectivity index (χ3n) is 4.55. The Hall–Kier alpha value is -3.21. The predicted molar refractivity (Wildman–Crippen MR) is 105 cm³/mol. The number of nitrogens with one attached hydrogen (secondary N) is 1. The average Bonchev–Trinajstić information content (AvgIpc) is 3.07. The van der Waals surface area contributed by atoms with Crippen molar-refractivity contribution in [2.45, 2.75) is 20.3 Å². The molecular weight excluding hydrogens is 322 g/mol. The molecule has 0 aliphatic rings. The smallest absolute Gasteiger partial charge is 0.222 e. The second kappa shape index (κ2) is 6.59. The van der Waals surface area contributed by atoms with Gasteiger partial charge in [-0.15, -0.1) is 0 Å². The van der Waals surface area contributed by atoms with Crippen molar-refractivity contribution in [1.29, 1.82) is 0 Å². The molecule has 0 unspecified atom stereocenters. The van der Waals surface area contributed by atoms with Gasteiger partial charge in [-0.05, 0) is 37.1 Å². The van der Waals surface area contributed by atoms with Gasteiger partial charge in [-0.2, -0.15) is 0 Å². The van der Waals surface area contributed by atoms with Crippen LogP contribution in [0.1, 0.15) is 18.1 Å². The third kappa shape index (κ3) is 2.81. The Morgan fingerprint density at radius 1 is 1.04 bits per heavy atom. The summed E-state index contributed by atoms with van der Waals surface area (Å²) in [6.45, 7) is 4.24. The van der Waals surface area contributed by atoms with Gasteiger partial charge >= 0.3 is 0 Å². The van der Waals surface area contributed by atoms with Crippen molar-refractivity contribution in [1.82, 2.24) is 19.4 Å². The van der Waals surface area contributed by atoms with Crippen LogP contribution in [0.4, 0.5) is 5.95 Å². The molecule has 0 saturated heterocycles. The van der Waals surface area contributed by atoms with Gasteiger partial charge in [0.25, 0.3) is 0 Å². The van der Waals surface area contributed by atoms with Crippen LogP contribution in [-0.4, -0.2) is 26.4 Å². The highest BCUT2D eigenvalue weighted by Crippen LogP contribution is 2.32. The van der Waals surface area contributed by atoms with E-state index in [4.69, 9.17) is 4.98 Å². The summed E-state index contributed by atoms with van der Waals surface area (Å²) in [6, 6.07) is 14.6. The van der Waals surface area contributed by atoms with Crippen LogP contribution in [-0.2, 0) is 6.42 Å². The summed E-state index contributed by atoms with van der Waals surface area (Å²) in [4.78, 5) is 13.8. The van der Waals surface area contributed by atoms with E-state index >= 15 is 0 Å². The van der Waals surface area contributed by atoms with Crippen LogP contribution in [0.5, 0.6) is 0 Å². The van der Waals surface area contributed by atoms with E-state index in [2.05, 4.69) is 76.1 Å². The molecule has 4 aromatic rings. The highest BCUT2D eigenvalue weighted by atomic mass is 15.1. The molecule has 130 valence electrons. The average molecular weight is 343 g/mol. The first-order valence-electron chi connectivity index (χ1n) is 8.79. The predicted octanol–water partition coefficient (Wildman–Crippen LogP) is 4.37. The first-order chi connectivity index (χ1) is 12.7. The molecule has 4 rings (SSSR count). The fourth-order valence-electron chi connectivity index (χ4n) is 3.08. The van der Waals surface area contributed by atoms with Crippen LogP contribution in [0.3, 0.4) is 0 Å². The zero-order valence-electron chi connectivity index (χ0n) is 15.2. The molecule has 0 bridgehead atoms. The van der Waals surface area contributed by atoms with Gasteiger partial charge in [-0.1, -0.05) is 36.8 Å². The number of fused-ring (bicyclic) bond motifs is 1. The van der Waals surface area contributed by atoms with Gasteiger partial charge in [-0.25, -0.2) is 15.0 Å². The maximum absolute atomic E-state index is 4.94. The number of aryl methyl sites for hydroxylation is 2. The molecule has 0 aliphatic carbocycles. The van der Waals surface area contributed by atoms with Crippen LogP contribution in [0.15, 0.2) is 54.9 Å². The van der Waals surface area contributed by atoms with Gasteiger partial charge in [0.05, 0.1) is 17.1 Å². The normalized spacial score (nSPS) is 11.0. The zero-order valence-corrected chi connectivity index (χ0v) is 15.2. The number of pyridine rings is 1. The summed E-state index contributed by atoms with van der Waals surface area (Å²) in [5, 5.41) is 3.01. The Morgan fingerprint density at radius 3 is 2.58 bits per heavy atom. The minimum Gasteiger partial charge on any atom is -0.357 e. The van der Waals surface area contributed by atoms with Crippen molar-refractivity contribution in [3.8, 4) is 22.6 Å². The van der Waals surface area contributed by atoms with Gasteiger partial charge in [0.1, 0.15) is 5.65 Å². The van der Waals surface area contributed by atoms with Gasteiger partial charge in [0, 0.05) is 25.0 Å². The van der Waals surface area contributed by atoms with Crippen LogP contribution < -0.4 is 5.32 Å². The highest BCUT2D eigenvalue weighted by molar-refractivity contribution is 5.80. The van der Waals surface area contributed by atoms with Crippen molar-refractivity contribution < 1.29 is 0 Å². The molecule has 0 spiro atoms. The minimum absolute atomic E-state index is 0.595. The molecule has 5 nitrogen and oxygen atoms in total. The summed E-state index contributed by atoms with van der Waals surface area (Å²) >= 11 is 0. The van der Waals surface area contributed by atoms with Crippen molar-refractivity contribution in [3.63, 3.8) is 0 Å². The summed E-state index contributed by atoms with van der Waals surface area (Å²) in [6.07, 6.45) is 4.83. The molecule has 5 heteroatoms. The first kappa shape index (κ1) is 16.3. The number of imidazole rings is 1. The van der Waals surface area contributed by atoms with E-state index in [1.54, 1.807) is 6.20 Å².